The molecular weight excluding hydrogens is 324 g/mol. The number of aromatic nitrogens is 2. The van der Waals surface area contributed by atoms with E-state index in [-0.39, 0.29) is 5.82 Å². The van der Waals surface area contributed by atoms with Crippen LogP contribution in [0.4, 0.5) is 10.6 Å². The second-order valence-corrected chi connectivity index (χ2v) is 7.17. The molecule has 0 radical (unpaired) electrons. The zero-order valence-electron chi connectivity index (χ0n) is 14.9. The van der Waals surface area contributed by atoms with Crippen molar-refractivity contribution in [1.29, 1.82) is 0 Å². The molecule has 0 aliphatic carbocycles. The zero-order valence-corrected chi connectivity index (χ0v) is 14.9. The summed E-state index contributed by atoms with van der Waals surface area (Å²) in [5, 5.41) is 17.4. The molecule has 0 aliphatic heterocycles. The van der Waals surface area contributed by atoms with Crippen molar-refractivity contribution in [3.63, 3.8) is 0 Å². The van der Waals surface area contributed by atoms with E-state index in [4.69, 9.17) is 4.74 Å². The quantitative estimate of drug-likeness (QED) is 0.674. The van der Waals surface area contributed by atoms with E-state index in [0.29, 0.717) is 5.69 Å². The molecule has 25 heavy (non-hydrogen) atoms. The number of hydrogen-bond acceptors (Lipinski definition) is 5. The third kappa shape index (κ3) is 4.79. The van der Waals surface area contributed by atoms with E-state index in [2.05, 4.69) is 10.4 Å². The fraction of sp³-hybridized carbons (Fsp3) is 0.412. The molecule has 8 nitrogen and oxygen atoms in total. The normalized spacial score (nSPS) is 11.9. The molecule has 0 bridgehead atoms. The van der Waals surface area contributed by atoms with Crippen LogP contribution >= 0.6 is 0 Å². The summed E-state index contributed by atoms with van der Waals surface area (Å²) in [6.45, 7) is 9.14. The van der Waals surface area contributed by atoms with E-state index >= 15 is 0 Å². The molecule has 1 heterocycles. The van der Waals surface area contributed by atoms with Crippen molar-refractivity contribution in [3.05, 3.63) is 52.2 Å². The van der Waals surface area contributed by atoms with Crippen LogP contribution in [0.2, 0.25) is 0 Å². The number of carbonyl (C=O) groups excluding carboxylic acids is 1. The Morgan fingerprint density at radius 3 is 2.24 bits per heavy atom. The van der Waals surface area contributed by atoms with Gasteiger partial charge in [0.05, 0.1) is 28.6 Å². The second-order valence-electron chi connectivity index (χ2n) is 7.17. The molecule has 1 aromatic carbocycles. The first-order valence-electron chi connectivity index (χ1n) is 7.80. The average Bonchev–Trinajstić information content (AvgIpc) is 2.94. The van der Waals surface area contributed by atoms with Gasteiger partial charge in [-0.1, -0.05) is 12.1 Å². The van der Waals surface area contributed by atoms with Gasteiger partial charge in [0.25, 0.3) is 0 Å². The summed E-state index contributed by atoms with van der Waals surface area (Å²) in [4.78, 5) is 22.2. The molecule has 8 heteroatoms. The SMILES string of the molecule is CC(C)(C)OC(=O)NC(C)(C)c1ccc(-n2ccc([N+](=O)[O-])n2)cc1. The summed E-state index contributed by atoms with van der Waals surface area (Å²) in [6, 6.07) is 8.57. The average molecular weight is 346 g/mol. The van der Waals surface area contributed by atoms with E-state index in [9.17, 15) is 14.9 Å². The minimum absolute atomic E-state index is 0.212. The number of nitrogens with zero attached hydrogens (tertiary/aromatic N) is 3. The first-order chi connectivity index (χ1) is 11.5. The van der Waals surface area contributed by atoms with Crippen LogP contribution in [0.1, 0.15) is 40.2 Å². The lowest BCUT2D eigenvalue weighted by Gasteiger charge is -2.29. The molecule has 0 spiro atoms. The van der Waals surface area contributed by atoms with E-state index in [0.717, 1.165) is 5.56 Å². The lowest BCUT2D eigenvalue weighted by Crippen LogP contribution is -2.43. The van der Waals surface area contributed by atoms with Crippen LogP contribution in [-0.2, 0) is 10.3 Å². The monoisotopic (exact) mass is 346 g/mol. The first-order valence-corrected chi connectivity index (χ1v) is 7.80. The molecule has 1 amide bonds. The smallest absolute Gasteiger partial charge is 0.408 e. The van der Waals surface area contributed by atoms with Crippen molar-refractivity contribution in [2.75, 3.05) is 0 Å². The van der Waals surface area contributed by atoms with Crippen LogP contribution in [0, 0.1) is 10.1 Å². The number of nitro groups is 1. The maximum Gasteiger partial charge on any atom is 0.408 e. The molecule has 134 valence electrons. The standard InChI is InChI=1S/C17H22N4O4/c1-16(2,3)25-15(22)18-17(4,5)12-6-8-13(9-7-12)20-11-10-14(19-20)21(23)24/h6-11H,1-5H3,(H,18,22). The van der Waals surface area contributed by atoms with Gasteiger partial charge < -0.3 is 20.2 Å². The van der Waals surface area contributed by atoms with Crippen LogP contribution < -0.4 is 5.32 Å². The summed E-state index contributed by atoms with van der Waals surface area (Å²) in [7, 11) is 0. The van der Waals surface area contributed by atoms with Gasteiger partial charge in [-0.25, -0.2) is 4.79 Å². The zero-order chi connectivity index (χ0) is 18.8. The van der Waals surface area contributed by atoms with E-state index in [1.807, 2.05) is 26.0 Å². The van der Waals surface area contributed by atoms with Crippen LogP contribution in [0.5, 0.6) is 0 Å². The molecule has 0 atom stereocenters. The van der Waals surface area contributed by atoms with Crippen molar-refractivity contribution >= 4 is 11.9 Å². The Bertz CT molecular complexity index is 773. The Balaban J connectivity index is 2.14. The molecular formula is C17H22N4O4. The van der Waals surface area contributed by atoms with Gasteiger partial charge in [0, 0.05) is 0 Å². The van der Waals surface area contributed by atoms with Gasteiger partial charge in [-0.3, -0.25) is 0 Å². The van der Waals surface area contributed by atoms with Crippen molar-refractivity contribution in [1.82, 2.24) is 15.1 Å². The van der Waals surface area contributed by atoms with Gasteiger partial charge in [0.2, 0.25) is 0 Å². The highest BCUT2D eigenvalue weighted by Crippen LogP contribution is 2.23. The van der Waals surface area contributed by atoms with Gasteiger partial charge >= 0.3 is 11.9 Å². The number of nitrogens with one attached hydrogen (secondary N) is 1. The molecule has 0 aliphatic rings. The molecule has 0 unspecified atom stereocenters. The number of rotatable bonds is 4. The van der Waals surface area contributed by atoms with Crippen molar-refractivity contribution in [2.24, 2.45) is 0 Å². The predicted octanol–water partition coefficient (Wildman–Crippen LogP) is 3.54. The number of amides is 1. The lowest BCUT2D eigenvalue weighted by molar-refractivity contribution is -0.389. The molecule has 0 fully saturated rings. The fourth-order valence-electron chi connectivity index (χ4n) is 2.22. The Labute approximate surface area is 145 Å². The topological polar surface area (TPSA) is 99.3 Å². The van der Waals surface area contributed by atoms with Crippen molar-refractivity contribution < 1.29 is 14.5 Å². The van der Waals surface area contributed by atoms with E-state index in [1.54, 1.807) is 32.9 Å². The Hall–Kier alpha value is -2.90. The Morgan fingerprint density at radius 1 is 1.16 bits per heavy atom. The van der Waals surface area contributed by atoms with Crippen LogP contribution in [0.3, 0.4) is 0 Å². The molecule has 0 saturated heterocycles. The number of benzene rings is 1. The summed E-state index contributed by atoms with van der Waals surface area (Å²) in [6.07, 6.45) is 1.03. The summed E-state index contributed by atoms with van der Waals surface area (Å²) in [5.74, 6) is -0.212. The van der Waals surface area contributed by atoms with Gasteiger partial charge in [-0.05, 0) is 57.2 Å². The van der Waals surface area contributed by atoms with E-state index in [1.165, 1.54) is 16.9 Å². The third-order valence-electron chi connectivity index (χ3n) is 3.43. The highest BCUT2D eigenvalue weighted by atomic mass is 16.6. The number of hydrogen-bond donors (Lipinski definition) is 1. The summed E-state index contributed by atoms with van der Waals surface area (Å²) >= 11 is 0. The summed E-state index contributed by atoms with van der Waals surface area (Å²) < 4.78 is 6.71. The van der Waals surface area contributed by atoms with Gasteiger partial charge in [-0.15, -0.1) is 4.68 Å². The van der Waals surface area contributed by atoms with Gasteiger partial charge in [0.1, 0.15) is 5.60 Å². The van der Waals surface area contributed by atoms with Gasteiger partial charge in [0.15, 0.2) is 0 Å². The molecule has 1 N–H and O–H groups in total. The first kappa shape index (κ1) is 18.4. The van der Waals surface area contributed by atoms with E-state index < -0.39 is 22.2 Å². The summed E-state index contributed by atoms with van der Waals surface area (Å²) in [5.41, 5.74) is 0.337. The predicted molar refractivity (Wildman–Crippen MR) is 92.6 cm³/mol. The largest absolute Gasteiger partial charge is 0.444 e. The molecule has 2 aromatic rings. The number of alkyl carbamates (subject to hydrolysis) is 1. The van der Waals surface area contributed by atoms with Crippen molar-refractivity contribution in [2.45, 2.75) is 45.8 Å². The number of ether oxygens (including phenoxy) is 1. The number of carbonyl (C=O) groups is 1. The van der Waals surface area contributed by atoms with Gasteiger partial charge in [-0.2, -0.15) is 0 Å². The Kier molecular flexibility index (Phi) is 4.82. The second kappa shape index (κ2) is 6.54. The maximum atomic E-state index is 12.0. The minimum atomic E-state index is -0.642. The molecule has 2 rings (SSSR count). The highest BCUT2D eigenvalue weighted by molar-refractivity contribution is 5.69. The molecule has 1 aromatic heterocycles. The third-order valence-corrected chi connectivity index (χ3v) is 3.43. The van der Waals surface area contributed by atoms with Crippen LogP contribution in [0.25, 0.3) is 5.69 Å². The maximum absolute atomic E-state index is 12.0. The lowest BCUT2D eigenvalue weighted by atomic mass is 9.94. The minimum Gasteiger partial charge on any atom is -0.444 e. The highest BCUT2D eigenvalue weighted by Gasteiger charge is 2.26. The van der Waals surface area contributed by atoms with Crippen LogP contribution in [-0.4, -0.2) is 26.4 Å². The Morgan fingerprint density at radius 2 is 1.76 bits per heavy atom. The van der Waals surface area contributed by atoms with Crippen LogP contribution in [0.15, 0.2) is 36.5 Å². The van der Waals surface area contributed by atoms with Crippen molar-refractivity contribution in [3.8, 4) is 5.69 Å². The molecule has 0 saturated carbocycles. The fourth-order valence-corrected chi connectivity index (χ4v) is 2.22.